The Bertz CT molecular complexity index is 354. The van der Waals surface area contributed by atoms with Crippen LogP contribution < -0.4 is 0 Å². The molecule has 0 amide bonds. The van der Waals surface area contributed by atoms with Crippen LogP contribution in [0.4, 0.5) is 4.39 Å². The van der Waals surface area contributed by atoms with Crippen molar-refractivity contribution in [3.8, 4) is 0 Å². The van der Waals surface area contributed by atoms with E-state index in [0.717, 1.165) is 12.5 Å². The largest absolute Gasteiger partial charge is 0.303 e. The first-order chi connectivity index (χ1) is 6.61. The monoisotopic (exact) mass is 215 g/mol. The number of aldehydes is 1. The van der Waals surface area contributed by atoms with Crippen molar-refractivity contribution in [2.24, 2.45) is 0 Å². The molecule has 0 bridgehead atoms. The second kappa shape index (κ2) is 4.51. The lowest BCUT2D eigenvalue weighted by molar-refractivity contribution is -0.109. The van der Waals surface area contributed by atoms with E-state index in [1.807, 2.05) is 6.92 Å². The van der Waals surface area contributed by atoms with Gasteiger partial charge < -0.3 is 4.79 Å². The van der Waals surface area contributed by atoms with Gasteiger partial charge in [0.05, 0.1) is 22.8 Å². The zero-order chi connectivity index (χ0) is 10.7. The summed E-state index contributed by atoms with van der Waals surface area (Å²) >= 11 is 5.71. The summed E-state index contributed by atoms with van der Waals surface area (Å²) in [6.45, 7) is 3.54. The number of hydrogen-bond acceptors (Lipinski definition) is 2. The van der Waals surface area contributed by atoms with Gasteiger partial charge in [0.1, 0.15) is 6.29 Å². The highest BCUT2D eigenvalue weighted by Gasteiger charge is 2.16. The number of carbonyl (C=O) groups excluding carboxylic acids is 1. The minimum atomic E-state index is -0.548. The topological polar surface area (TPSA) is 30.0 Å². The minimum Gasteiger partial charge on any atom is -0.303 e. The first kappa shape index (κ1) is 11.1. The number of hydrogen-bond donors (Lipinski definition) is 0. The molecule has 0 saturated heterocycles. The molecule has 1 rings (SSSR count). The van der Waals surface area contributed by atoms with Gasteiger partial charge in [-0.05, 0) is 18.9 Å². The van der Waals surface area contributed by atoms with Gasteiger partial charge in [-0.3, -0.25) is 4.98 Å². The van der Waals surface area contributed by atoms with Gasteiger partial charge in [0, 0.05) is 0 Å². The highest BCUT2D eigenvalue weighted by Crippen LogP contribution is 2.26. The van der Waals surface area contributed by atoms with Crippen LogP contribution in [0.15, 0.2) is 6.20 Å². The number of nitrogens with zero attached hydrogens (tertiary/aromatic N) is 1. The van der Waals surface area contributed by atoms with Gasteiger partial charge in [0.2, 0.25) is 0 Å². The Hall–Kier alpha value is -0.960. The Labute approximate surface area is 87.1 Å². The molecule has 0 saturated carbocycles. The Balaban J connectivity index is 3.22. The van der Waals surface area contributed by atoms with Crippen LogP contribution in [0.5, 0.6) is 0 Å². The van der Waals surface area contributed by atoms with Crippen molar-refractivity contribution < 1.29 is 9.18 Å². The SMILES string of the molecule is CCC(C=O)c1ncc(F)c(Cl)c1C. The Morgan fingerprint density at radius 3 is 2.86 bits per heavy atom. The molecule has 2 nitrogen and oxygen atoms in total. The molecule has 14 heavy (non-hydrogen) atoms. The average Bonchev–Trinajstić information content (AvgIpc) is 2.19. The molecule has 0 aliphatic rings. The van der Waals surface area contributed by atoms with Crippen molar-refractivity contribution >= 4 is 17.9 Å². The quantitative estimate of drug-likeness (QED) is 0.726. The molecule has 0 spiro atoms. The van der Waals surface area contributed by atoms with Crippen LogP contribution in [0.2, 0.25) is 5.02 Å². The van der Waals surface area contributed by atoms with Crippen LogP contribution in [0.1, 0.15) is 30.5 Å². The molecule has 1 aromatic rings. The smallest absolute Gasteiger partial charge is 0.160 e. The molecule has 76 valence electrons. The predicted molar refractivity (Wildman–Crippen MR) is 53.0 cm³/mol. The zero-order valence-corrected chi connectivity index (χ0v) is 8.81. The molecule has 0 N–H and O–H groups in total. The first-order valence-corrected chi connectivity index (χ1v) is 4.75. The zero-order valence-electron chi connectivity index (χ0n) is 8.05. The molecule has 0 aliphatic carbocycles. The molecule has 0 aromatic carbocycles. The maximum atomic E-state index is 12.9. The van der Waals surface area contributed by atoms with E-state index >= 15 is 0 Å². The lowest BCUT2D eigenvalue weighted by Gasteiger charge is -2.11. The van der Waals surface area contributed by atoms with Crippen LogP contribution >= 0.6 is 11.6 Å². The number of rotatable bonds is 3. The summed E-state index contributed by atoms with van der Waals surface area (Å²) < 4.78 is 12.9. The van der Waals surface area contributed by atoms with E-state index in [9.17, 15) is 9.18 Å². The third-order valence-electron chi connectivity index (χ3n) is 2.20. The summed E-state index contributed by atoms with van der Waals surface area (Å²) in [5.74, 6) is -0.846. The van der Waals surface area contributed by atoms with Gasteiger partial charge in [-0.2, -0.15) is 0 Å². The van der Waals surface area contributed by atoms with Gasteiger partial charge in [-0.1, -0.05) is 18.5 Å². The summed E-state index contributed by atoms with van der Waals surface area (Å²) in [7, 11) is 0. The van der Waals surface area contributed by atoms with Crippen LogP contribution in [0, 0.1) is 12.7 Å². The van der Waals surface area contributed by atoms with Gasteiger partial charge in [-0.25, -0.2) is 4.39 Å². The summed E-state index contributed by atoms with van der Waals surface area (Å²) in [6, 6.07) is 0. The first-order valence-electron chi connectivity index (χ1n) is 4.37. The van der Waals surface area contributed by atoms with Crippen LogP contribution in [0.3, 0.4) is 0 Å². The van der Waals surface area contributed by atoms with Crippen LogP contribution in [-0.2, 0) is 4.79 Å². The van der Waals surface area contributed by atoms with Crippen molar-refractivity contribution in [2.45, 2.75) is 26.2 Å². The third kappa shape index (κ3) is 1.93. The normalized spacial score (nSPS) is 12.6. The van der Waals surface area contributed by atoms with Crippen molar-refractivity contribution in [3.63, 3.8) is 0 Å². The lowest BCUT2D eigenvalue weighted by atomic mass is 10.00. The fraction of sp³-hybridized carbons (Fsp3) is 0.400. The molecule has 1 unspecified atom stereocenters. The molecular weight excluding hydrogens is 205 g/mol. The van der Waals surface area contributed by atoms with E-state index < -0.39 is 5.82 Å². The van der Waals surface area contributed by atoms with Crippen LogP contribution in [0.25, 0.3) is 0 Å². The summed E-state index contributed by atoms with van der Waals surface area (Å²) in [4.78, 5) is 14.6. The van der Waals surface area contributed by atoms with E-state index in [2.05, 4.69) is 4.98 Å². The molecule has 4 heteroatoms. The van der Waals surface area contributed by atoms with Crippen molar-refractivity contribution in [1.29, 1.82) is 0 Å². The van der Waals surface area contributed by atoms with Crippen molar-refractivity contribution in [2.75, 3.05) is 0 Å². The maximum Gasteiger partial charge on any atom is 0.160 e. The number of halogens is 2. The Morgan fingerprint density at radius 1 is 1.71 bits per heavy atom. The third-order valence-corrected chi connectivity index (χ3v) is 2.66. The van der Waals surface area contributed by atoms with E-state index in [-0.39, 0.29) is 10.9 Å². The fourth-order valence-electron chi connectivity index (χ4n) is 1.30. The maximum absolute atomic E-state index is 12.9. The molecule has 0 radical (unpaired) electrons. The second-order valence-corrected chi connectivity index (χ2v) is 3.46. The Kier molecular flexibility index (Phi) is 3.58. The van der Waals surface area contributed by atoms with Gasteiger partial charge in [0.15, 0.2) is 5.82 Å². The molecule has 0 aliphatic heterocycles. The fourth-order valence-corrected chi connectivity index (χ4v) is 1.44. The van der Waals surface area contributed by atoms with Crippen molar-refractivity contribution in [3.05, 3.63) is 28.3 Å². The molecule has 0 fully saturated rings. The van der Waals surface area contributed by atoms with Crippen molar-refractivity contribution in [1.82, 2.24) is 4.98 Å². The van der Waals surface area contributed by atoms with Gasteiger partial charge in [0.25, 0.3) is 0 Å². The highest BCUT2D eigenvalue weighted by atomic mass is 35.5. The number of pyridine rings is 1. The molecular formula is C10H11ClFNO. The Morgan fingerprint density at radius 2 is 2.36 bits per heavy atom. The van der Waals surface area contributed by atoms with Gasteiger partial charge >= 0.3 is 0 Å². The number of aromatic nitrogens is 1. The van der Waals surface area contributed by atoms with E-state index in [1.165, 1.54) is 0 Å². The average molecular weight is 216 g/mol. The molecule has 1 atom stereocenters. The summed E-state index contributed by atoms with van der Waals surface area (Å²) in [5.41, 5.74) is 1.11. The second-order valence-electron chi connectivity index (χ2n) is 3.08. The predicted octanol–water partition coefficient (Wildman–Crippen LogP) is 2.88. The summed E-state index contributed by atoms with van der Waals surface area (Å²) in [5, 5.41) is 0.0512. The van der Waals surface area contributed by atoms with E-state index in [4.69, 9.17) is 11.6 Å². The van der Waals surface area contributed by atoms with E-state index in [0.29, 0.717) is 17.7 Å². The summed E-state index contributed by atoms with van der Waals surface area (Å²) in [6.07, 6.45) is 2.50. The highest BCUT2D eigenvalue weighted by molar-refractivity contribution is 6.31. The minimum absolute atomic E-state index is 0.0512. The lowest BCUT2D eigenvalue weighted by Crippen LogP contribution is -2.05. The van der Waals surface area contributed by atoms with Crippen LogP contribution in [-0.4, -0.2) is 11.3 Å². The molecule has 1 heterocycles. The standard InChI is InChI=1S/C10H11ClFNO/c1-3-7(5-14)10-6(2)9(11)8(12)4-13-10/h4-5,7H,3H2,1-2H3. The van der Waals surface area contributed by atoms with Gasteiger partial charge in [-0.15, -0.1) is 0 Å². The van der Waals surface area contributed by atoms with E-state index in [1.54, 1.807) is 6.92 Å². The number of carbonyl (C=O) groups is 1. The molecule has 1 aromatic heterocycles.